The number of amides is 1. The number of ether oxygens (including phenoxy) is 2. The van der Waals surface area contributed by atoms with Gasteiger partial charge in [-0.1, -0.05) is 13.8 Å². The first kappa shape index (κ1) is 21.8. The molecule has 2 fully saturated rings. The van der Waals surface area contributed by atoms with Crippen molar-refractivity contribution >= 4 is 12.1 Å². The topological polar surface area (TPSA) is 69.6 Å². The Morgan fingerprint density at radius 2 is 1.74 bits per heavy atom. The van der Waals surface area contributed by atoms with Crippen molar-refractivity contribution in [3.63, 3.8) is 0 Å². The summed E-state index contributed by atoms with van der Waals surface area (Å²) in [6.45, 7) is 14.2. The summed E-state index contributed by atoms with van der Waals surface area (Å²) in [4.78, 5) is 22.8. The third-order valence-corrected chi connectivity index (χ3v) is 5.12. The highest BCUT2D eigenvalue weighted by atomic mass is 16.6. The molecule has 0 saturated carbocycles. The Labute approximate surface area is 163 Å². The lowest BCUT2D eigenvalue weighted by Gasteiger charge is -2.38. The SMILES string of the molecule is CCOC(=O)N1CCN(C(=NC)NCC(CC(C)C)N2CCOCC2)CC1. The van der Waals surface area contributed by atoms with Gasteiger partial charge in [0.05, 0.1) is 19.8 Å². The number of rotatable bonds is 6. The first-order valence-corrected chi connectivity index (χ1v) is 10.2. The van der Waals surface area contributed by atoms with Gasteiger partial charge in [-0.15, -0.1) is 0 Å². The zero-order valence-corrected chi connectivity index (χ0v) is 17.4. The number of hydrogen-bond donors (Lipinski definition) is 1. The van der Waals surface area contributed by atoms with Crippen molar-refractivity contribution in [2.75, 3.05) is 72.7 Å². The molecule has 1 N–H and O–H groups in total. The Hall–Kier alpha value is -1.54. The van der Waals surface area contributed by atoms with Crippen LogP contribution in [0, 0.1) is 5.92 Å². The minimum Gasteiger partial charge on any atom is -0.450 e. The van der Waals surface area contributed by atoms with Crippen LogP contribution in [0.2, 0.25) is 0 Å². The van der Waals surface area contributed by atoms with Crippen LogP contribution >= 0.6 is 0 Å². The van der Waals surface area contributed by atoms with E-state index in [4.69, 9.17) is 9.47 Å². The molecule has 0 aromatic carbocycles. The molecule has 1 atom stereocenters. The van der Waals surface area contributed by atoms with Gasteiger partial charge >= 0.3 is 6.09 Å². The molecule has 0 spiro atoms. The van der Waals surface area contributed by atoms with Gasteiger partial charge in [0.1, 0.15) is 0 Å². The number of guanidine groups is 1. The highest BCUT2D eigenvalue weighted by Gasteiger charge is 2.26. The standard InChI is InChI=1S/C19H37N5O3/c1-5-27-19(25)24-8-6-23(7-9-24)18(20-4)21-15-17(14-16(2)3)22-10-12-26-13-11-22/h16-17H,5-15H2,1-4H3,(H,20,21). The molecule has 0 bridgehead atoms. The second kappa shape index (κ2) is 11.3. The van der Waals surface area contributed by atoms with Gasteiger partial charge in [0.2, 0.25) is 0 Å². The van der Waals surface area contributed by atoms with Gasteiger partial charge in [-0.3, -0.25) is 9.89 Å². The smallest absolute Gasteiger partial charge is 0.409 e. The lowest BCUT2D eigenvalue weighted by atomic mass is 10.0. The van der Waals surface area contributed by atoms with Crippen molar-refractivity contribution in [3.8, 4) is 0 Å². The first-order valence-electron chi connectivity index (χ1n) is 10.2. The van der Waals surface area contributed by atoms with Crippen LogP contribution in [0.3, 0.4) is 0 Å². The van der Waals surface area contributed by atoms with Crippen LogP contribution in [0.25, 0.3) is 0 Å². The summed E-state index contributed by atoms with van der Waals surface area (Å²) >= 11 is 0. The molecule has 0 aromatic heterocycles. The fraction of sp³-hybridized carbons (Fsp3) is 0.895. The maximum atomic E-state index is 11.9. The lowest BCUT2D eigenvalue weighted by molar-refractivity contribution is 0.0131. The summed E-state index contributed by atoms with van der Waals surface area (Å²) in [7, 11) is 1.83. The van der Waals surface area contributed by atoms with Gasteiger partial charge in [-0.2, -0.15) is 0 Å². The van der Waals surface area contributed by atoms with E-state index in [0.717, 1.165) is 58.3 Å². The van der Waals surface area contributed by atoms with Crippen LogP contribution in [-0.2, 0) is 9.47 Å². The normalized spacial score (nSPS) is 20.7. The van der Waals surface area contributed by atoms with E-state index < -0.39 is 0 Å². The van der Waals surface area contributed by atoms with Gasteiger partial charge in [-0.25, -0.2) is 4.79 Å². The molecule has 1 unspecified atom stereocenters. The number of carbonyl (C=O) groups is 1. The van der Waals surface area contributed by atoms with E-state index in [1.54, 1.807) is 4.90 Å². The monoisotopic (exact) mass is 383 g/mol. The second-order valence-electron chi connectivity index (χ2n) is 7.53. The number of nitrogens with one attached hydrogen (secondary N) is 1. The van der Waals surface area contributed by atoms with Gasteiger partial charge in [-0.05, 0) is 19.3 Å². The molecule has 27 heavy (non-hydrogen) atoms. The van der Waals surface area contributed by atoms with E-state index in [1.165, 1.54) is 0 Å². The van der Waals surface area contributed by atoms with Crippen LogP contribution in [0.5, 0.6) is 0 Å². The maximum absolute atomic E-state index is 11.9. The molecule has 0 radical (unpaired) electrons. The minimum atomic E-state index is -0.218. The van der Waals surface area contributed by atoms with Crippen LogP contribution in [-0.4, -0.2) is 105 Å². The summed E-state index contributed by atoms with van der Waals surface area (Å²) in [5.74, 6) is 1.57. The fourth-order valence-corrected chi connectivity index (χ4v) is 3.71. The first-order chi connectivity index (χ1) is 13.0. The number of nitrogens with zero attached hydrogens (tertiary/aromatic N) is 4. The van der Waals surface area contributed by atoms with Crippen molar-refractivity contribution in [1.82, 2.24) is 20.0 Å². The number of hydrogen-bond acceptors (Lipinski definition) is 5. The van der Waals surface area contributed by atoms with E-state index >= 15 is 0 Å². The molecule has 8 heteroatoms. The lowest BCUT2D eigenvalue weighted by Crippen LogP contribution is -2.56. The third kappa shape index (κ3) is 6.84. The zero-order valence-electron chi connectivity index (χ0n) is 17.4. The molecule has 2 aliphatic heterocycles. The highest BCUT2D eigenvalue weighted by molar-refractivity contribution is 5.80. The van der Waals surface area contributed by atoms with Crippen LogP contribution in [0.1, 0.15) is 27.2 Å². The average molecular weight is 384 g/mol. The molecule has 2 aliphatic rings. The zero-order chi connectivity index (χ0) is 19.6. The van der Waals surface area contributed by atoms with Gasteiger partial charge < -0.3 is 24.6 Å². The molecular weight excluding hydrogens is 346 g/mol. The molecule has 0 aromatic rings. The van der Waals surface area contributed by atoms with Crippen LogP contribution in [0.15, 0.2) is 4.99 Å². The Kier molecular flexibility index (Phi) is 9.14. The molecular formula is C19H37N5O3. The van der Waals surface area contributed by atoms with E-state index in [9.17, 15) is 4.79 Å². The Morgan fingerprint density at radius 3 is 2.30 bits per heavy atom. The maximum Gasteiger partial charge on any atom is 0.409 e. The average Bonchev–Trinajstić information content (AvgIpc) is 2.68. The van der Waals surface area contributed by atoms with Crippen molar-refractivity contribution in [1.29, 1.82) is 0 Å². The molecule has 156 valence electrons. The molecule has 1 amide bonds. The largest absolute Gasteiger partial charge is 0.450 e. The van der Waals surface area contributed by atoms with Crippen molar-refractivity contribution in [2.45, 2.75) is 33.2 Å². The number of carbonyl (C=O) groups excluding carboxylic acids is 1. The number of piperazine rings is 1. The Balaban J connectivity index is 1.85. The summed E-state index contributed by atoms with van der Waals surface area (Å²) < 4.78 is 10.6. The van der Waals surface area contributed by atoms with Crippen molar-refractivity contribution < 1.29 is 14.3 Å². The third-order valence-electron chi connectivity index (χ3n) is 5.12. The van der Waals surface area contributed by atoms with Gasteiger partial charge in [0.15, 0.2) is 5.96 Å². The van der Waals surface area contributed by atoms with Crippen LogP contribution in [0.4, 0.5) is 4.79 Å². The molecule has 2 rings (SSSR count). The summed E-state index contributed by atoms with van der Waals surface area (Å²) in [5.41, 5.74) is 0. The molecule has 2 heterocycles. The number of morpholine rings is 1. The predicted molar refractivity (Wildman–Crippen MR) is 107 cm³/mol. The van der Waals surface area contributed by atoms with E-state index in [1.807, 2.05) is 14.0 Å². The Morgan fingerprint density at radius 1 is 1.11 bits per heavy atom. The van der Waals surface area contributed by atoms with Gasteiger partial charge in [0, 0.05) is 58.9 Å². The minimum absolute atomic E-state index is 0.218. The van der Waals surface area contributed by atoms with E-state index in [-0.39, 0.29) is 6.09 Å². The van der Waals surface area contributed by atoms with Gasteiger partial charge in [0.25, 0.3) is 0 Å². The fourth-order valence-electron chi connectivity index (χ4n) is 3.71. The summed E-state index contributed by atoms with van der Waals surface area (Å²) in [5, 5.41) is 3.57. The quantitative estimate of drug-likeness (QED) is 0.547. The van der Waals surface area contributed by atoms with Crippen molar-refractivity contribution in [3.05, 3.63) is 0 Å². The number of aliphatic imine (C=N–C) groups is 1. The van der Waals surface area contributed by atoms with Crippen LogP contribution < -0.4 is 5.32 Å². The van der Waals surface area contributed by atoms with E-state index in [0.29, 0.717) is 31.7 Å². The molecule has 0 aliphatic carbocycles. The summed E-state index contributed by atoms with van der Waals surface area (Å²) in [6, 6.07) is 0.478. The van der Waals surface area contributed by atoms with Crippen molar-refractivity contribution in [2.24, 2.45) is 10.9 Å². The summed E-state index contributed by atoms with van der Waals surface area (Å²) in [6.07, 6.45) is 0.935. The Bertz CT molecular complexity index is 472. The predicted octanol–water partition coefficient (Wildman–Crippen LogP) is 1.08. The van der Waals surface area contributed by atoms with E-state index in [2.05, 4.69) is 34.0 Å². The molecule has 8 nitrogen and oxygen atoms in total. The second-order valence-corrected chi connectivity index (χ2v) is 7.53. The molecule has 2 saturated heterocycles. The highest BCUT2D eigenvalue weighted by Crippen LogP contribution is 2.13.